The summed E-state index contributed by atoms with van der Waals surface area (Å²) in [6.45, 7) is 6.31. The largest absolute Gasteiger partial charge is 0.478 e. The van der Waals surface area contributed by atoms with Crippen molar-refractivity contribution in [3.05, 3.63) is 47.3 Å². The second-order valence-electron chi connectivity index (χ2n) is 5.22. The number of carboxylic acid groups (broad SMARTS) is 1. The first-order valence-corrected chi connectivity index (χ1v) is 7.21. The van der Waals surface area contributed by atoms with Gasteiger partial charge in [-0.1, -0.05) is 30.3 Å². The van der Waals surface area contributed by atoms with Crippen LogP contribution in [0.5, 0.6) is 0 Å². The van der Waals surface area contributed by atoms with E-state index in [1.54, 1.807) is 6.92 Å². The maximum absolute atomic E-state index is 11.8. The number of benzene rings is 1. The number of rotatable bonds is 3. The number of nitrogens with zero attached hydrogens (tertiary/aromatic N) is 3. The Balaban J connectivity index is 2.52. The van der Waals surface area contributed by atoms with Crippen molar-refractivity contribution in [2.75, 3.05) is 0 Å². The number of aromatic nitrogens is 3. The molecule has 0 spiro atoms. The zero-order valence-corrected chi connectivity index (χ0v) is 12.8. The highest BCUT2D eigenvalue weighted by Gasteiger charge is 2.23. The van der Waals surface area contributed by atoms with Crippen LogP contribution < -0.4 is 0 Å². The smallest absolute Gasteiger partial charge is 0.338 e. The minimum absolute atomic E-state index is 0.248. The Morgan fingerprint density at radius 1 is 1.18 bits per heavy atom. The lowest BCUT2D eigenvalue weighted by Gasteiger charge is -2.11. The number of hydrogen-bond donors (Lipinski definition) is 1. The number of carboxylic acids is 1. The summed E-state index contributed by atoms with van der Waals surface area (Å²) in [4.78, 5) is 16.3. The van der Waals surface area contributed by atoms with Crippen LogP contribution in [-0.4, -0.2) is 25.8 Å². The van der Waals surface area contributed by atoms with Gasteiger partial charge < -0.3 is 5.11 Å². The molecule has 3 aromatic rings. The first-order chi connectivity index (χ1) is 10.5. The molecule has 0 unspecified atom stereocenters. The minimum atomic E-state index is -0.964. The molecule has 0 aliphatic heterocycles. The second kappa shape index (κ2) is 5.26. The van der Waals surface area contributed by atoms with Crippen LogP contribution >= 0.6 is 0 Å². The van der Waals surface area contributed by atoms with Crippen LogP contribution in [0.4, 0.5) is 0 Å². The minimum Gasteiger partial charge on any atom is -0.478 e. The fourth-order valence-corrected chi connectivity index (χ4v) is 2.87. The number of hydrogen-bond acceptors (Lipinski definition) is 3. The van der Waals surface area contributed by atoms with Crippen molar-refractivity contribution in [2.24, 2.45) is 0 Å². The molecule has 5 nitrogen and oxygen atoms in total. The number of aryl methyl sites for hydroxylation is 3. The molecule has 1 aromatic carbocycles. The standard InChI is InChI=1S/C17H17N3O2/c1-4-20-16-13(11(3)19-20)15(12-8-6-5-7-9-12)14(17(21)22)10(2)18-16/h5-9H,4H2,1-3H3,(H,21,22). The third kappa shape index (κ3) is 2.06. The molecule has 0 fully saturated rings. The highest BCUT2D eigenvalue weighted by molar-refractivity contribution is 6.07. The summed E-state index contributed by atoms with van der Waals surface area (Å²) < 4.78 is 1.82. The summed E-state index contributed by atoms with van der Waals surface area (Å²) in [5, 5.41) is 15.0. The normalized spacial score (nSPS) is 11.0. The van der Waals surface area contributed by atoms with Crippen LogP contribution in [0.15, 0.2) is 30.3 Å². The van der Waals surface area contributed by atoms with Crippen LogP contribution in [0.2, 0.25) is 0 Å². The van der Waals surface area contributed by atoms with Crippen LogP contribution in [0.3, 0.4) is 0 Å². The molecule has 0 bridgehead atoms. The Labute approximate surface area is 128 Å². The predicted molar refractivity (Wildman–Crippen MR) is 85.1 cm³/mol. The average molecular weight is 295 g/mol. The van der Waals surface area contributed by atoms with Gasteiger partial charge in [-0.2, -0.15) is 5.10 Å². The summed E-state index contributed by atoms with van der Waals surface area (Å²) in [5.41, 5.74) is 3.86. The van der Waals surface area contributed by atoms with Gasteiger partial charge in [0.05, 0.1) is 22.3 Å². The third-order valence-electron chi connectivity index (χ3n) is 3.81. The second-order valence-corrected chi connectivity index (χ2v) is 5.22. The van der Waals surface area contributed by atoms with Crippen LogP contribution in [-0.2, 0) is 6.54 Å². The molecule has 0 atom stereocenters. The van der Waals surface area contributed by atoms with E-state index in [0.29, 0.717) is 17.8 Å². The first kappa shape index (κ1) is 14.3. The van der Waals surface area contributed by atoms with E-state index in [4.69, 9.17) is 0 Å². The summed E-state index contributed by atoms with van der Waals surface area (Å²) in [6, 6.07) is 9.56. The van der Waals surface area contributed by atoms with Crippen molar-refractivity contribution in [1.29, 1.82) is 0 Å². The summed E-state index contributed by atoms with van der Waals surface area (Å²) in [5.74, 6) is -0.964. The molecule has 0 aliphatic carbocycles. The molecular formula is C17H17N3O2. The molecule has 0 radical (unpaired) electrons. The molecule has 0 amide bonds. The molecule has 0 saturated heterocycles. The topological polar surface area (TPSA) is 68.0 Å². The molecule has 2 heterocycles. The van der Waals surface area contributed by atoms with Crippen molar-refractivity contribution in [3.63, 3.8) is 0 Å². The van der Waals surface area contributed by atoms with Gasteiger partial charge in [0, 0.05) is 12.1 Å². The van der Waals surface area contributed by atoms with Crippen molar-refractivity contribution in [2.45, 2.75) is 27.3 Å². The maximum Gasteiger partial charge on any atom is 0.338 e. The molecular weight excluding hydrogens is 278 g/mol. The van der Waals surface area contributed by atoms with E-state index in [0.717, 1.165) is 22.3 Å². The number of pyridine rings is 1. The molecule has 0 aliphatic rings. The van der Waals surface area contributed by atoms with Crippen molar-refractivity contribution in [1.82, 2.24) is 14.8 Å². The van der Waals surface area contributed by atoms with Gasteiger partial charge in [0.2, 0.25) is 0 Å². The SMILES string of the molecule is CCn1nc(C)c2c(-c3ccccc3)c(C(=O)O)c(C)nc21. The Hall–Kier alpha value is -2.69. The Morgan fingerprint density at radius 2 is 1.86 bits per heavy atom. The quantitative estimate of drug-likeness (QED) is 0.803. The summed E-state index contributed by atoms with van der Waals surface area (Å²) >= 11 is 0. The zero-order valence-electron chi connectivity index (χ0n) is 12.8. The van der Waals surface area contributed by atoms with E-state index in [9.17, 15) is 9.90 Å². The van der Waals surface area contributed by atoms with E-state index < -0.39 is 5.97 Å². The van der Waals surface area contributed by atoms with Crippen LogP contribution in [0, 0.1) is 13.8 Å². The van der Waals surface area contributed by atoms with Crippen molar-refractivity contribution < 1.29 is 9.90 Å². The van der Waals surface area contributed by atoms with Gasteiger partial charge in [-0.25, -0.2) is 14.5 Å². The zero-order chi connectivity index (χ0) is 15.9. The van der Waals surface area contributed by atoms with E-state index in [1.807, 2.05) is 48.9 Å². The van der Waals surface area contributed by atoms with Gasteiger partial charge in [0.1, 0.15) is 0 Å². The van der Waals surface area contributed by atoms with E-state index in [2.05, 4.69) is 10.1 Å². The van der Waals surface area contributed by atoms with Gasteiger partial charge in [0.25, 0.3) is 0 Å². The number of carbonyl (C=O) groups is 1. The van der Waals surface area contributed by atoms with Gasteiger partial charge >= 0.3 is 5.97 Å². The molecule has 0 saturated carbocycles. The number of aromatic carboxylic acids is 1. The lowest BCUT2D eigenvalue weighted by molar-refractivity contribution is 0.0696. The fraction of sp³-hybridized carbons (Fsp3) is 0.235. The predicted octanol–water partition coefficient (Wildman–Crippen LogP) is 3.43. The van der Waals surface area contributed by atoms with Gasteiger partial charge in [-0.15, -0.1) is 0 Å². The Kier molecular flexibility index (Phi) is 3.41. The Bertz CT molecular complexity index is 867. The Morgan fingerprint density at radius 3 is 2.45 bits per heavy atom. The summed E-state index contributed by atoms with van der Waals surface area (Å²) in [7, 11) is 0. The highest BCUT2D eigenvalue weighted by atomic mass is 16.4. The van der Waals surface area contributed by atoms with Gasteiger partial charge in [-0.05, 0) is 26.3 Å². The van der Waals surface area contributed by atoms with E-state index >= 15 is 0 Å². The third-order valence-corrected chi connectivity index (χ3v) is 3.81. The average Bonchev–Trinajstić information content (AvgIpc) is 2.82. The van der Waals surface area contributed by atoms with Crippen molar-refractivity contribution >= 4 is 17.0 Å². The molecule has 22 heavy (non-hydrogen) atoms. The van der Waals surface area contributed by atoms with E-state index in [1.165, 1.54) is 0 Å². The van der Waals surface area contributed by atoms with Crippen LogP contribution in [0.1, 0.15) is 28.7 Å². The lowest BCUT2D eigenvalue weighted by atomic mass is 9.95. The summed E-state index contributed by atoms with van der Waals surface area (Å²) in [6.07, 6.45) is 0. The molecule has 5 heteroatoms. The van der Waals surface area contributed by atoms with Gasteiger partial charge in [0.15, 0.2) is 5.65 Å². The van der Waals surface area contributed by atoms with E-state index in [-0.39, 0.29) is 5.56 Å². The molecule has 1 N–H and O–H groups in total. The highest BCUT2D eigenvalue weighted by Crippen LogP contribution is 2.34. The fourth-order valence-electron chi connectivity index (χ4n) is 2.87. The molecule has 3 rings (SSSR count). The van der Waals surface area contributed by atoms with Gasteiger partial charge in [-0.3, -0.25) is 0 Å². The first-order valence-electron chi connectivity index (χ1n) is 7.21. The molecule has 2 aromatic heterocycles. The number of fused-ring (bicyclic) bond motifs is 1. The maximum atomic E-state index is 11.8. The monoisotopic (exact) mass is 295 g/mol. The lowest BCUT2D eigenvalue weighted by Crippen LogP contribution is -2.07. The van der Waals surface area contributed by atoms with Crippen molar-refractivity contribution in [3.8, 4) is 11.1 Å². The van der Waals surface area contributed by atoms with Crippen LogP contribution in [0.25, 0.3) is 22.2 Å². The molecule has 112 valence electrons.